The van der Waals surface area contributed by atoms with Gasteiger partial charge in [0, 0.05) is 28.5 Å². The second-order valence-electron chi connectivity index (χ2n) is 7.48. The summed E-state index contributed by atoms with van der Waals surface area (Å²) >= 11 is 1.80. The Labute approximate surface area is 163 Å². The maximum Gasteiger partial charge on any atom is 0.321 e. The number of nitrogens with one attached hydrogen (secondary N) is 3. The number of carbonyl (C=O) groups is 2. The van der Waals surface area contributed by atoms with Crippen LogP contribution in [0.4, 0.5) is 4.79 Å². The van der Waals surface area contributed by atoms with Crippen LogP contribution in [0.3, 0.4) is 0 Å². The molecule has 0 spiro atoms. The molecule has 5 nitrogen and oxygen atoms in total. The maximum atomic E-state index is 12.5. The Morgan fingerprint density at radius 3 is 2.67 bits per heavy atom. The molecule has 0 radical (unpaired) electrons. The maximum absolute atomic E-state index is 12.5. The van der Waals surface area contributed by atoms with E-state index in [1.165, 1.54) is 20.9 Å². The smallest absolute Gasteiger partial charge is 0.321 e. The summed E-state index contributed by atoms with van der Waals surface area (Å²) in [7, 11) is 0. The largest absolute Gasteiger partial charge is 0.335 e. The number of quaternary nitrogens is 1. The van der Waals surface area contributed by atoms with Crippen LogP contribution in [0.2, 0.25) is 0 Å². The van der Waals surface area contributed by atoms with E-state index in [2.05, 4.69) is 34.2 Å². The van der Waals surface area contributed by atoms with E-state index in [0.29, 0.717) is 6.54 Å². The van der Waals surface area contributed by atoms with Crippen molar-refractivity contribution >= 4 is 23.3 Å². The monoisotopic (exact) mass is 384 g/mol. The topological polar surface area (TPSA) is 62.6 Å². The number of thiophene rings is 1. The highest BCUT2D eigenvalue weighted by molar-refractivity contribution is 7.10. The van der Waals surface area contributed by atoms with Crippen molar-refractivity contribution in [1.82, 2.24) is 10.6 Å². The van der Waals surface area contributed by atoms with E-state index in [-0.39, 0.29) is 24.0 Å². The Kier molecular flexibility index (Phi) is 5.55. The SMILES string of the molecule is O=C(C[NH+]1CCc2sccc2[C@@H]1c1ccccc1)NC(=O)NC1CCCC1. The number of imide groups is 1. The Bertz CT molecular complexity index is 799. The number of hydrogen-bond acceptors (Lipinski definition) is 3. The first kappa shape index (κ1) is 18.2. The Morgan fingerprint density at radius 1 is 1.11 bits per heavy atom. The molecule has 1 aliphatic carbocycles. The summed E-state index contributed by atoms with van der Waals surface area (Å²) in [6, 6.07) is 12.5. The van der Waals surface area contributed by atoms with E-state index >= 15 is 0 Å². The van der Waals surface area contributed by atoms with Gasteiger partial charge in [-0.2, -0.15) is 0 Å². The molecule has 1 aliphatic heterocycles. The van der Waals surface area contributed by atoms with Crippen LogP contribution in [0.25, 0.3) is 0 Å². The average Bonchev–Trinajstić information content (AvgIpc) is 3.33. The summed E-state index contributed by atoms with van der Waals surface area (Å²) < 4.78 is 0. The molecule has 2 aromatic rings. The van der Waals surface area contributed by atoms with Crippen LogP contribution in [0, 0.1) is 0 Å². The summed E-state index contributed by atoms with van der Waals surface area (Å²) in [5, 5.41) is 7.60. The van der Waals surface area contributed by atoms with E-state index in [0.717, 1.165) is 38.6 Å². The highest BCUT2D eigenvalue weighted by atomic mass is 32.1. The zero-order valence-corrected chi connectivity index (χ0v) is 16.2. The van der Waals surface area contributed by atoms with E-state index in [4.69, 9.17) is 0 Å². The first-order chi connectivity index (χ1) is 13.2. The molecule has 0 saturated heterocycles. The highest BCUT2D eigenvalue weighted by Crippen LogP contribution is 2.29. The molecule has 2 aliphatic rings. The standard InChI is InChI=1S/C21H25N3O2S/c25-19(23-21(26)22-16-8-4-5-9-16)14-24-12-10-18-17(11-13-27-18)20(24)15-6-2-1-3-7-15/h1-3,6-7,11,13,16,20H,4-5,8-10,12,14H2,(H2,22,23,25,26)/p+1/t20-/m0/s1. The molecule has 27 heavy (non-hydrogen) atoms. The molecule has 4 rings (SSSR count). The van der Waals surface area contributed by atoms with Crippen molar-refractivity contribution < 1.29 is 14.5 Å². The van der Waals surface area contributed by atoms with Gasteiger partial charge in [0.2, 0.25) is 0 Å². The molecule has 1 fully saturated rings. The number of amides is 3. The number of fused-ring (bicyclic) bond motifs is 1. The van der Waals surface area contributed by atoms with Crippen LogP contribution in [0.1, 0.15) is 47.7 Å². The van der Waals surface area contributed by atoms with E-state index in [1.54, 1.807) is 11.3 Å². The summed E-state index contributed by atoms with van der Waals surface area (Å²) in [5.41, 5.74) is 2.53. The third-order valence-electron chi connectivity index (χ3n) is 5.64. The van der Waals surface area contributed by atoms with Gasteiger partial charge in [-0.3, -0.25) is 10.1 Å². The minimum absolute atomic E-state index is 0.143. The van der Waals surface area contributed by atoms with Gasteiger partial charge in [0.05, 0.1) is 6.54 Å². The van der Waals surface area contributed by atoms with Gasteiger partial charge in [-0.15, -0.1) is 11.3 Å². The predicted molar refractivity (Wildman–Crippen MR) is 106 cm³/mol. The van der Waals surface area contributed by atoms with Crippen molar-refractivity contribution in [2.45, 2.75) is 44.2 Å². The van der Waals surface area contributed by atoms with Crippen molar-refractivity contribution in [1.29, 1.82) is 0 Å². The van der Waals surface area contributed by atoms with Crippen molar-refractivity contribution in [3.05, 3.63) is 57.8 Å². The zero-order chi connectivity index (χ0) is 18.6. The molecule has 1 unspecified atom stereocenters. The fourth-order valence-electron chi connectivity index (χ4n) is 4.37. The molecule has 3 N–H and O–H groups in total. The van der Waals surface area contributed by atoms with Crippen molar-refractivity contribution in [2.24, 2.45) is 0 Å². The lowest BCUT2D eigenvalue weighted by Gasteiger charge is -2.32. The predicted octanol–water partition coefficient (Wildman–Crippen LogP) is 2.05. The van der Waals surface area contributed by atoms with Gasteiger partial charge in [0.15, 0.2) is 6.54 Å². The van der Waals surface area contributed by atoms with E-state index < -0.39 is 0 Å². The lowest BCUT2D eigenvalue weighted by molar-refractivity contribution is -0.920. The molecule has 0 bridgehead atoms. The van der Waals surface area contributed by atoms with Gasteiger partial charge in [0.25, 0.3) is 5.91 Å². The number of urea groups is 1. The fourth-order valence-corrected chi connectivity index (χ4v) is 5.29. The summed E-state index contributed by atoms with van der Waals surface area (Å²) in [6.45, 7) is 1.19. The summed E-state index contributed by atoms with van der Waals surface area (Å²) in [4.78, 5) is 27.2. The zero-order valence-electron chi connectivity index (χ0n) is 15.4. The molecule has 3 amide bonds. The highest BCUT2D eigenvalue weighted by Gasteiger charge is 2.34. The Hall–Kier alpha value is -2.18. The molecule has 142 valence electrons. The molecular formula is C21H26N3O2S+. The minimum Gasteiger partial charge on any atom is -0.335 e. The molecule has 1 aromatic carbocycles. The third-order valence-corrected chi connectivity index (χ3v) is 6.63. The second-order valence-corrected chi connectivity index (χ2v) is 8.48. The van der Waals surface area contributed by atoms with Crippen LogP contribution in [-0.2, 0) is 11.2 Å². The molecule has 2 heterocycles. The van der Waals surface area contributed by atoms with Gasteiger partial charge in [0.1, 0.15) is 6.04 Å². The second kappa shape index (κ2) is 8.23. The van der Waals surface area contributed by atoms with Crippen LogP contribution < -0.4 is 15.5 Å². The van der Waals surface area contributed by atoms with Crippen LogP contribution in [-0.4, -0.2) is 31.1 Å². The lowest BCUT2D eigenvalue weighted by Crippen LogP contribution is -3.14. The van der Waals surface area contributed by atoms with E-state index in [9.17, 15) is 9.59 Å². The van der Waals surface area contributed by atoms with Gasteiger partial charge >= 0.3 is 6.03 Å². The van der Waals surface area contributed by atoms with Crippen LogP contribution in [0.15, 0.2) is 41.8 Å². The molecular weight excluding hydrogens is 358 g/mol. The van der Waals surface area contributed by atoms with Crippen LogP contribution in [0.5, 0.6) is 0 Å². The number of carbonyl (C=O) groups excluding carboxylic acids is 2. The first-order valence-electron chi connectivity index (χ1n) is 9.77. The summed E-state index contributed by atoms with van der Waals surface area (Å²) in [6.07, 6.45) is 5.30. The quantitative estimate of drug-likeness (QED) is 0.756. The van der Waals surface area contributed by atoms with Crippen molar-refractivity contribution in [2.75, 3.05) is 13.1 Å². The molecule has 1 aromatic heterocycles. The van der Waals surface area contributed by atoms with Gasteiger partial charge in [-0.25, -0.2) is 4.79 Å². The van der Waals surface area contributed by atoms with Crippen molar-refractivity contribution in [3.8, 4) is 0 Å². The minimum atomic E-state index is -0.351. The lowest BCUT2D eigenvalue weighted by atomic mass is 9.93. The number of rotatable bonds is 4. The fraction of sp³-hybridized carbons (Fsp3) is 0.429. The summed E-state index contributed by atoms with van der Waals surface area (Å²) in [5.74, 6) is -0.208. The Morgan fingerprint density at radius 2 is 1.89 bits per heavy atom. The Balaban J connectivity index is 1.44. The molecule has 6 heteroatoms. The van der Waals surface area contributed by atoms with Gasteiger partial charge in [-0.1, -0.05) is 43.2 Å². The number of hydrogen-bond donors (Lipinski definition) is 3. The van der Waals surface area contributed by atoms with E-state index in [1.807, 2.05) is 18.2 Å². The number of benzene rings is 1. The average molecular weight is 385 g/mol. The van der Waals surface area contributed by atoms with Gasteiger partial charge in [-0.05, 0) is 24.3 Å². The van der Waals surface area contributed by atoms with Gasteiger partial charge < -0.3 is 10.2 Å². The molecule has 1 saturated carbocycles. The normalized spacial score (nSPS) is 22.2. The first-order valence-corrected chi connectivity index (χ1v) is 10.6. The van der Waals surface area contributed by atoms with Crippen molar-refractivity contribution in [3.63, 3.8) is 0 Å². The van der Waals surface area contributed by atoms with Crippen LogP contribution >= 0.6 is 11.3 Å². The molecule has 2 atom stereocenters. The third kappa shape index (κ3) is 4.22.